The lowest BCUT2D eigenvalue weighted by Gasteiger charge is -2.13. The SMILES string of the molecule is Cc1cc(C)c(NC(=O)Cn2cc(S(=O)(=O)Cc3cccc(F)c3)c3ccccc32)c(C)c1. The molecule has 0 spiro atoms. The molecule has 0 bridgehead atoms. The maximum absolute atomic E-state index is 13.6. The Morgan fingerprint density at radius 3 is 2.36 bits per heavy atom. The quantitative estimate of drug-likeness (QED) is 0.420. The number of aryl methyl sites for hydroxylation is 3. The zero-order chi connectivity index (χ0) is 23.8. The standard InChI is InChI=1S/C26H25FN2O3S/c1-17-11-18(2)26(19(3)12-17)28-25(30)15-29-14-24(22-9-4-5-10-23(22)29)33(31,32)16-20-7-6-8-21(27)13-20/h4-14H,15-16H2,1-3H3,(H,28,30). The maximum Gasteiger partial charge on any atom is 0.244 e. The number of carbonyl (C=O) groups is 1. The Labute approximate surface area is 192 Å². The van der Waals surface area contributed by atoms with Gasteiger partial charge in [0, 0.05) is 22.8 Å². The van der Waals surface area contributed by atoms with Gasteiger partial charge in [-0.2, -0.15) is 0 Å². The lowest BCUT2D eigenvalue weighted by Crippen LogP contribution is -2.19. The second-order valence-corrected chi connectivity index (χ2v) is 10.3. The topological polar surface area (TPSA) is 68.2 Å². The van der Waals surface area contributed by atoms with Crippen LogP contribution in [0.4, 0.5) is 10.1 Å². The zero-order valence-electron chi connectivity index (χ0n) is 18.7. The first kappa shape index (κ1) is 22.7. The molecule has 0 saturated carbocycles. The average Bonchev–Trinajstić information content (AvgIpc) is 3.10. The van der Waals surface area contributed by atoms with E-state index in [4.69, 9.17) is 0 Å². The summed E-state index contributed by atoms with van der Waals surface area (Å²) in [5.41, 5.74) is 4.83. The third-order valence-corrected chi connectivity index (χ3v) is 7.30. The Hall–Kier alpha value is -3.45. The lowest BCUT2D eigenvalue weighted by molar-refractivity contribution is -0.116. The Kier molecular flexibility index (Phi) is 6.08. The van der Waals surface area contributed by atoms with Gasteiger partial charge in [0.05, 0.1) is 10.6 Å². The fraction of sp³-hybridized carbons (Fsp3) is 0.192. The number of nitrogens with zero attached hydrogens (tertiary/aromatic N) is 1. The van der Waals surface area contributed by atoms with Gasteiger partial charge in [-0.1, -0.05) is 48.0 Å². The van der Waals surface area contributed by atoms with Crippen molar-refractivity contribution in [2.24, 2.45) is 0 Å². The fourth-order valence-electron chi connectivity index (χ4n) is 4.23. The van der Waals surface area contributed by atoms with Crippen LogP contribution in [-0.2, 0) is 26.9 Å². The van der Waals surface area contributed by atoms with Crippen molar-refractivity contribution in [3.8, 4) is 0 Å². The summed E-state index contributed by atoms with van der Waals surface area (Å²) in [6.07, 6.45) is 1.49. The van der Waals surface area contributed by atoms with Gasteiger partial charge in [0.15, 0.2) is 9.84 Å². The van der Waals surface area contributed by atoms with Crippen LogP contribution in [0, 0.1) is 26.6 Å². The molecule has 1 N–H and O–H groups in total. The molecule has 0 radical (unpaired) electrons. The summed E-state index contributed by atoms with van der Waals surface area (Å²) in [5.74, 6) is -1.06. The fourth-order valence-corrected chi connectivity index (χ4v) is 5.80. The van der Waals surface area contributed by atoms with Crippen LogP contribution in [0.25, 0.3) is 10.9 Å². The van der Waals surface area contributed by atoms with E-state index >= 15 is 0 Å². The molecule has 0 saturated heterocycles. The highest BCUT2D eigenvalue weighted by molar-refractivity contribution is 7.90. The third-order valence-electron chi connectivity index (χ3n) is 5.59. The Balaban J connectivity index is 1.66. The summed E-state index contributed by atoms with van der Waals surface area (Å²) in [5, 5.41) is 3.49. The Morgan fingerprint density at radius 2 is 1.67 bits per heavy atom. The monoisotopic (exact) mass is 464 g/mol. The van der Waals surface area contributed by atoms with Crippen LogP contribution < -0.4 is 5.32 Å². The molecule has 7 heteroatoms. The highest BCUT2D eigenvalue weighted by Gasteiger charge is 2.23. The van der Waals surface area contributed by atoms with Crippen molar-refractivity contribution in [3.63, 3.8) is 0 Å². The number of anilines is 1. The van der Waals surface area contributed by atoms with Gasteiger partial charge in [0.2, 0.25) is 5.91 Å². The predicted molar refractivity (Wildman–Crippen MR) is 129 cm³/mol. The largest absolute Gasteiger partial charge is 0.337 e. The highest BCUT2D eigenvalue weighted by atomic mass is 32.2. The second-order valence-electron chi connectivity index (χ2n) is 8.35. The van der Waals surface area contributed by atoms with E-state index in [1.165, 1.54) is 24.4 Å². The second kappa shape index (κ2) is 8.83. The molecule has 0 fully saturated rings. The molecule has 0 aliphatic carbocycles. The normalized spacial score (nSPS) is 11.6. The Morgan fingerprint density at radius 1 is 0.970 bits per heavy atom. The number of nitrogens with one attached hydrogen (secondary N) is 1. The van der Waals surface area contributed by atoms with Crippen LogP contribution in [0.1, 0.15) is 22.3 Å². The number of hydrogen-bond donors (Lipinski definition) is 1. The number of para-hydroxylation sites is 1. The molecule has 0 aliphatic heterocycles. The molecular formula is C26H25FN2O3S. The molecule has 33 heavy (non-hydrogen) atoms. The minimum atomic E-state index is -3.77. The molecule has 4 rings (SSSR count). The summed E-state index contributed by atoms with van der Waals surface area (Å²) in [6, 6.07) is 16.6. The van der Waals surface area contributed by atoms with Gasteiger partial charge in [0.25, 0.3) is 0 Å². The molecule has 1 heterocycles. The van der Waals surface area contributed by atoms with Gasteiger partial charge < -0.3 is 9.88 Å². The first-order chi connectivity index (χ1) is 15.6. The van der Waals surface area contributed by atoms with Crippen molar-refractivity contribution in [2.75, 3.05) is 5.32 Å². The van der Waals surface area contributed by atoms with Crippen LogP contribution in [0.2, 0.25) is 0 Å². The summed E-state index contributed by atoms with van der Waals surface area (Å²) in [4.78, 5) is 13.0. The summed E-state index contributed by atoms with van der Waals surface area (Å²) in [6.45, 7) is 5.85. The van der Waals surface area contributed by atoms with E-state index in [-0.39, 0.29) is 23.1 Å². The minimum Gasteiger partial charge on any atom is -0.337 e. The molecule has 0 atom stereocenters. The number of benzene rings is 3. The van der Waals surface area contributed by atoms with Crippen LogP contribution in [0.3, 0.4) is 0 Å². The summed E-state index contributed by atoms with van der Waals surface area (Å²) in [7, 11) is -3.77. The molecule has 1 amide bonds. The van der Waals surface area contributed by atoms with Crippen LogP contribution in [0.5, 0.6) is 0 Å². The predicted octanol–water partition coefficient (Wildman–Crippen LogP) is 5.32. The van der Waals surface area contributed by atoms with Gasteiger partial charge in [-0.3, -0.25) is 4.79 Å². The van der Waals surface area contributed by atoms with Crippen molar-refractivity contribution in [3.05, 3.63) is 94.9 Å². The van der Waals surface area contributed by atoms with E-state index in [1.54, 1.807) is 34.9 Å². The first-order valence-electron chi connectivity index (χ1n) is 10.6. The van der Waals surface area contributed by atoms with Gasteiger partial charge in [0.1, 0.15) is 12.4 Å². The number of fused-ring (bicyclic) bond motifs is 1. The number of amides is 1. The number of hydrogen-bond acceptors (Lipinski definition) is 3. The molecule has 5 nitrogen and oxygen atoms in total. The number of sulfone groups is 1. The molecule has 0 unspecified atom stereocenters. The van der Waals surface area contributed by atoms with Gasteiger partial charge in [-0.05, 0) is 55.7 Å². The maximum atomic E-state index is 13.6. The molecule has 1 aromatic heterocycles. The lowest BCUT2D eigenvalue weighted by atomic mass is 10.1. The number of carbonyl (C=O) groups excluding carboxylic acids is 1. The summed E-state index contributed by atoms with van der Waals surface area (Å²) < 4.78 is 41.6. The zero-order valence-corrected chi connectivity index (χ0v) is 19.5. The molecule has 0 aliphatic rings. The van der Waals surface area contributed by atoms with E-state index in [0.717, 1.165) is 22.4 Å². The van der Waals surface area contributed by atoms with Crippen LogP contribution >= 0.6 is 0 Å². The van der Waals surface area contributed by atoms with Crippen molar-refractivity contribution < 1.29 is 17.6 Å². The van der Waals surface area contributed by atoms with E-state index in [9.17, 15) is 17.6 Å². The van der Waals surface area contributed by atoms with Crippen molar-refractivity contribution >= 4 is 32.3 Å². The molecule has 4 aromatic rings. The number of aromatic nitrogens is 1. The van der Waals surface area contributed by atoms with Crippen molar-refractivity contribution in [1.29, 1.82) is 0 Å². The highest BCUT2D eigenvalue weighted by Crippen LogP contribution is 2.29. The third kappa shape index (κ3) is 4.83. The van der Waals surface area contributed by atoms with Crippen LogP contribution in [-0.4, -0.2) is 18.9 Å². The number of rotatable bonds is 6. The molecule has 170 valence electrons. The molecular weight excluding hydrogens is 439 g/mol. The van der Waals surface area contributed by atoms with E-state index in [2.05, 4.69) is 5.32 Å². The van der Waals surface area contributed by atoms with E-state index < -0.39 is 15.7 Å². The van der Waals surface area contributed by atoms with Gasteiger partial charge in [-0.15, -0.1) is 0 Å². The van der Waals surface area contributed by atoms with Gasteiger partial charge >= 0.3 is 0 Å². The van der Waals surface area contributed by atoms with Gasteiger partial charge in [-0.25, -0.2) is 12.8 Å². The Bertz CT molecular complexity index is 1450. The van der Waals surface area contributed by atoms with Crippen LogP contribution in [0.15, 0.2) is 71.8 Å². The average molecular weight is 465 g/mol. The van der Waals surface area contributed by atoms with Crippen molar-refractivity contribution in [2.45, 2.75) is 38.0 Å². The van der Waals surface area contributed by atoms with E-state index in [1.807, 2.05) is 32.9 Å². The smallest absolute Gasteiger partial charge is 0.244 e. The molecule has 3 aromatic carbocycles. The minimum absolute atomic E-state index is 0.0389. The first-order valence-corrected chi connectivity index (χ1v) is 12.2. The van der Waals surface area contributed by atoms with E-state index in [0.29, 0.717) is 16.5 Å². The van der Waals surface area contributed by atoms with Crippen molar-refractivity contribution in [1.82, 2.24) is 4.57 Å². The number of halogens is 1. The summed E-state index contributed by atoms with van der Waals surface area (Å²) >= 11 is 0.